The first-order chi connectivity index (χ1) is 9.13. The van der Waals surface area contributed by atoms with E-state index in [0.29, 0.717) is 6.42 Å². The van der Waals surface area contributed by atoms with Gasteiger partial charge in [0.2, 0.25) is 0 Å². The minimum Gasteiger partial charge on any atom is -0.469 e. The van der Waals surface area contributed by atoms with Gasteiger partial charge in [-0.3, -0.25) is 4.79 Å². The second-order valence-electron chi connectivity index (χ2n) is 4.88. The summed E-state index contributed by atoms with van der Waals surface area (Å²) in [5, 5.41) is 1.21. The number of nitrogens with zero attached hydrogens (tertiary/aromatic N) is 1. The van der Waals surface area contributed by atoms with Gasteiger partial charge in [-0.15, -0.1) is 0 Å². The smallest absolute Gasteiger partial charge is 0.305 e. The molecule has 0 aliphatic heterocycles. The van der Waals surface area contributed by atoms with Crippen LogP contribution in [0.15, 0.2) is 30.5 Å². The number of hydrogen-bond donors (Lipinski definition) is 1. The summed E-state index contributed by atoms with van der Waals surface area (Å²) < 4.78 is 4.72. The molecule has 1 aromatic heterocycles. The van der Waals surface area contributed by atoms with Gasteiger partial charge in [0.15, 0.2) is 0 Å². The van der Waals surface area contributed by atoms with E-state index in [4.69, 9.17) is 4.74 Å². The fourth-order valence-corrected chi connectivity index (χ4v) is 2.42. The molecule has 19 heavy (non-hydrogen) atoms. The molecule has 4 heteroatoms. The van der Waals surface area contributed by atoms with Crippen molar-refractivity contribution in [2.45, 2.75) is 18.9 Å². The van der Waals surface area contributed by atoms with Crippen molar-refractivity contribution in [3.8, 4) is 0 Å². The van der Waals surface area contributed by atoms with E-state index < -0.39 is 0 Å². The topological polar surface area (TPSA) is 45.3 Å². The predicted molar refractivity (Wildman–Crippen MR) is 76.0 cm³/mol. The van der Waals surface area contributed by atoms with Gasteiger partial charge < -0.3 is 14.6 Å². The zero-order valence-electron chi connectivity index (χ0n) is 11.6. The number of benzene rings is 1. The minimum absolute atomic E-state index is 0.160. The molecule has 0 bridgehead atoms. The number of aromatic amines is 1. The lowest BCUT2D eigenvalue weighted by molar-refractivity contribution is -0.141. The van der Waals surface area contributed by atoms with Crippen molar-refractivity contribution >= 4 is 16.9 Å². The molecule has 102 valence electrons. The number of carbonyl (C=O) groups excluding carboxylic acids is 1. The van der Waals surface area contributed by atoms with Crippen LogP contribution in [0.1, 0.15) is 24.4 Å². The monoisotopic (exact) mass is 260 g/mol. The fraction of sp³-hybridized carbons (Fsp3) is 0.400. The van der Waals surface area contributed by atoms with Crippen LogP contribution >= 0.6 is 0 Å². The normalized spacial score (nSPS) is 12.8. The molecule has 1 aromatic carbocycles. The zero-order valence-corrected chi connectivity index (χ0v) is 11.6. The van der Waals surface area contributed by atoms with Crippen LogP contribution < -0.4 is 0 Å². The Labute approximate surface area is 113 Å². The summed E-state index contributed by atoms with van der Waals surface area (Å²) in [7, 11) is 5.49. The molecule has 1 N–H and O–H groups in total. The molecule has 0 saturated heterocycles. The Bertz CT molecular complexity index is 560. The van der Waals surface area contributed by atoms with E-state index >= 15 is 0 Å². The van der Waals surface area contributed by atoms with Crippen LogP contribution in [0, 0.1) is 0 Å². The Hall–Kier alpha value is -1.81. The third-order valence-electron chi connectivity index (χ3n) is 3.45. The summed E-state index contributed by atoms with van der Waals surface area (Å²) in [5.74, 6) is -0.160. The van der Waals surface area contributed by atoms with Gasteiger partial charge in [-0.25, -0.2) is 0 Å². The quantitative estimate of drug-likeness (QED) is 0.841. The van der Waals surface area contributed by atoms with Gasteiger partial charge in [-0.05, 0) is 32.1 Å². The van der Waals surface area contributed by atoms with Crippen LogP contribution in [-0.2, 0) is 9.53 Å². The zero-order chi connectivity index (χ0) is 13.8. The highest BCUT2D eigenvalue weighted by atomic mass is 16.5. The SMILES string of the molecule is COC(=O)CCC(c1c[nH]c2ccccc12)N(C)C. The van der Waals surface area contributed by atoms with E-state index in [2.05, 4.69) is 22.0 Å². The average molecular weight is 260 g/mol. The first-order valence-corrected chi connectivity index (χ1v) is 6.42. The molecule has 2 rings (SSSR count). The number of rotatable bonds is 5. The molecule has 1 unspecified atom stereocenters. The first-order valence-electron chi connectivity index (χ1n) is 6.42. The van der Waals surface area contributed by atoms with Crippen LogP contribution in [0.3, 0.4) is 0 Å². The van der Waals surface area contributed by atoms with Gasteiger partial charge in [-0.2, -0.15) is 0 Å². The molecular formula is C15H20N2O2. The second kappa shape index (κ2) is 5.89. The van der Waals surface area contributed by atoms with E-state index in [-0.39, 0.29) is 12.0 Å². The van der Waals surface area contributed by atoms with E-state index in [9.17, 15) is 4.79 Å². The van der Waals surface area contributed by atoms with Gasteiger partial charge >= 0.3 is 5.97 Å². The molecule has 0 fully saturated rings. The maximum atomic E-state index is 11.3. The molecule has 0 aliphatic carbocycles. The number of methoxy groups -OCH3 is 1. The molecule has 0 radical (unpaired) electrons. The van der Waals surface area contributed by atoms with Crippen molar-refractivity contribution in [3.05, 3.63) is 36.0 Å². The fourth-order valence-electron chi connectivity index (χ4n) is 2.42. The number of carbonyl (C=O) groups is 1. The Morgan fingerprint density at radius 1 is 1.37 bits per heavy atom. The number of H-pyrrole nitrogens is 1. The van der Waals surface area contributed by atoms with Gasteiger partial charge in [0.25, 0.3) is 0 Å². The third-order valence-corrected chi connectivity index (χ3v) is 3.45. The van der Waals surface area contributed by atoms with Crippen LogP contribution in [0.5, 0.6) is 0 Å². The maximum absolute atomic E-state index is 11.3. The molecular weight excluding hydrogens is 240 g/mol. The van der Waals surface area contributed by atoms with Gasteiger partial charge in [0.05, 0.1) is 7.11 Å². The van der Waals surface area contributed by atoms with Crippen molar-refractivity contribution in [2.75, 3.05) is 21.2 Å². The Kier molecular flexibility index (Phi) is 4.22. The molecule has 4 nitrogen and oxygen atoms in total. The average Bonchev–Trinajstić information content (AvgIpc) is 2.82. The van der Waals surface area contributed by atoms with E-state index in [0.717, 1.165) is 11.9 Å². The molecule has 0 spiro atoms. The maximum Gasteiger partial charge on any atom is 0.305 e. The van der Waals surface area contributed by atoms with Crippen LogP contribution in [0.25, 0.3) is 10.9 Å². The Morgan fingerprint density at radius 3 is 2.79 bits per heavy atom. The molecule has 0 amide bonds. The van der Waals surface area contributed by atoms with Gasteiger partial charge in [-0.1, -0.05) is 18.2 Å². The highest BCUT2D eigenvalue weighted by Gasteiger charge is 2.19. The van der Waals surface area contributed by atoms with Gasteiger partial charge in [0.1, 0.15) is 0 Å². The minimum atomic E-state index is -0.160. The summed E-state index contributed by atoms with van der Waals surface area (Å²) >= 11 is 0. The van der Waals surface area contributed by atoms with Crippen molar-refractivity contribution < 1.29 is 9.53 Å². The molecule has 1 atom stereocenters. The summed E-state index contributed by atoms with van der Waals surface area (Å²) in [5.41, 5.74) is 2.35. The van der Waals surface area contributed by atoms with Crippen molar-refractivity contribution in [1.29, 1.82) is 0 Å². The Morgan fingerprint density at radius 2 is 2.11 bits per heavy atom. The van der Waals surface area contributed by atoms with Crippen LogP contribution in [0.2, 0.25) is 0 Å². The summed E-state index contributed by atoms with van der Waals surface area (Å²) in [6.07, 6.45) is 3.22. The number of ether oxygens (including phenoxy) is 1. The van der Waals surface area contributed by atoms with Crippen molar-refractivity contribution in [2.24, 2.45) is 0 Å². The first kappa shape index (κ1) is 13.6. The third kappa shape index (κ3) is 2.96. The lowest BCUT2D eigenvalue weighted by Gasteiger charge is -2.23. The number of fused-ring (bicyclic) bond motifs is 1. The predicted octanol–water partition coefficient (Wildman–Crippen LogP) is 2.72. The van der Waals surface area contributed by atoms with E-state index in [1.54, 1.807) is 0 Å². The number of esters is 1. The van der Waals surface area contributed by atoms with Gasteiger partial charge in [0, 0.05) is 29.6 Å². The standard InChI is InChI=1S/C15H20N2O2/c1-17(2)14(8-9-15(18)19-3)12-10-16-13-7-5-4-6-11(12)13/h4-7,10,14,16H,8-9H2,1-3H3. The second-order valence-corrected chi connectivity index (χ2v) is 4.88. The molecule has 2 aromatic rings. The van der Waals surface area contributed by atoms with Crippen molar-refractivity contribution in [1.82, 2.24) is 9.88 Å². The number of aromatic nitrogens is 1. The number of nitrogens with one attached hydrogen (secondary N) is 1. The lowest BCUT2D eigenvalue weighted by Crippen LogP contribution is -2.21. The highest BCUT2D eigenvalue weighted by Crippen LogP contribution is 2.30. The molecule has 1 heterocycles. The summed E-state index contributed by atoms with van der Waals surface area (Å²) in [6.45, 7) is 0. The summed E-state index contributed by atoms with van der Waals surface area (Å²) in [4.78, 5) is 16.7. The lowest BCUT2D eigenvalue weighted by atomic mass is 10.0. The Balaban J connectivity index is 2.26. The molecule has 0 saturated carbocycles. The van der Waals surface area contributed by atoms with Crippen LogP contribution in [0.4, 0.5) is 0 Å². The number of para-hydroxylation sites is 1. The van der Waals surface area contributed by atoms with E-state index in [1.807, 2.05) is 32.4 Å². The largest absolute Gasteiger partial charge is 0.469 e. The van der Waals surface area contributed by atoms with Crippen LogP contribution in [-0.4, -0.2) is 37.1 Å². The van der Waals surface area contributed by atoms with E-state index in [1.165, 1.54) is 18.1 Å². The number of hydrogen-bond acceptors (Lipinski definition) is 3. The molecule has 0 aliphatic rings. The van der Waals surface area contributed by atoms with Crippen molar-refractivity contribution in [3.63, 3.8) is 0 Å². The summed E-state index contributed by atoms with van der Waals surface area (Å²) in [6, 6.07) is 8.42. The highest BCUT2D eigenvalue weighted by molar-refractivity contribution is 5.83.